The number of benzene rings is 1. The summed E-state index contributed by atoms with van der Waals surface area (Å²) < 4.78 is 20.9. The molecule has 0 saturated carbocycles. The van der Waals surface area contributed by atoms with E-state index in [1.807, 2.05) is 11.5 Å². The number of halogens is 3. The molecule has 2 aliphatic rings. The smallest absolute Gasteiger partial charge is 0.303 e. The molecule has 11 heteroatoms. The third-order valence-corrected chi connectivity index (χ3v) is 9.36. The SMILES string of the molecule is Cc1nc2n(c(=O)c1CCN1CCC(c3noc4cc(F)ccc34)CC1)CCCC2CCCCCCCCCC(=O)O.Cl.Cl. The van der Waals surface area contributed by atoms with E-state index < -0.39 is 5.97 Å². The molecule has 1 unspecified atom stereocenters. The molecule has 244 valence electrons. The molecule has 5 rings (SSSR count). The molecular weight excluding hydrogens is 606 g/mol. The Bertz CT molecular complexity index is 1420. The van der Waals surface area contributed by atoms with Crippen LogP contribution in [0.2, 0.25) is 0 Å². The van der Waals surface area contributed by atoms with Crippen molar-refractivity contribution in [2.45, 2.75) is 115 Å². The number of likely N-dealkylation sites (tertiary alicyclic amines) is 1. The van der Waals surface area contributed by atoms with E-state index in [1.165, 1.54) is 25.0 Å². The number of fused-ring (bicyclic) bond motifs is 2. The highest BCUT2D eigenvalue weighted by Gasteiger charge is 2.27. The predicted octanol–water partition coefficient (Wildman–Crippen LogP) is 7.57. The molecule has 1 atom stereocenters. The number of hydrogen-bond donors (Lipinski definition) is 1. The van der Waals surface area contributed by atoms with Crippen LogP contribution in [0.5, 0.6) is 0 Å². The molecule has 3 aromatic rings. The zero-order chi connectivity index (χ0) is 29.5. The van der Waals surface area contributed by atoms with Gasteiger partial charge in [0, 0.05) is 54.1 Å². The average Bonchev–Trinajstić information content (AvgIpc) is 3.39. The van der Waals surface area contributed by atoms with Gasteiger partial charge in [-0.2, -0.15) is 0 Å². The summed E-state index contributed by atoms with van der Waals surface area (Å²) in [5.41, 5.74) is 3.33. The maximum absolute atomic E-state index is 13.6. The second-order valence-electron chi connectivity index (χ2n) is 12.3. The van der Waals surface area contributed by atoms with Gasteiger partial charge in [0.25, 0.3) is 5.56 Å². The molecule has 1 N–H and O–H groups in total. The van der Waals surface area contributed by atoms with E-state index in [-0.39, 0.29) is 42.6 Å². The number of carboxylic acids is 1. The van der Waals surface area contributed by atoms with Crippen molar-refractivity contribution in [1.29, 1.82) is 0 Å². The molecule has 0 bridgehead atoms. The first-order chi connectivity index (χ1) is 20.4. The van der Waals surface area contributed by atoms with E-state index in [1.54, 1.807) is 6.07 Å². The molecule has 4 heterocycles. The van der Waals surface area contributed by atoms with Crippen molar-refractivity contribution < 1.29 is 18.8 Å². The van der Waals surface area contributed by atoms with Crippen LogP contribution in [0.3, 0.4) is 0 Å². The molecule has 2 aliphatic heterocycles. The molecule has 1 saturated heterocycles. The number of nitrogens with zero attached hydrogens (tertiary/aromatic N) is 4. The van der Waals surface area contributed by atoms with Crippen molar-refractivity contribution in [3.8, 4) is 0 Å². The number of piperidine rings is 1. The van der Waals surface area contributed by atoms with Crippen LogP contribution in [0.15, 0.2) is 27.5 Å². The van der Waals surface area contributed by atoms with Crippen LogP contribution in [-0.2, 0) is 17.8 Å². The Balaban J connectivity index is 0.00000264. The molecule has 44 heavy (non-hydrogen) atoms. The highest BCUT2D eigenvalue weighted by Crippen LogP contribution is 2.33. The fourth-order valence-electron chi connectivity index (χ4n) is 6.91. The first-order valence-corrected chi connectivity index (χ1v) is 16.0. The Morgan fingerprint density at radius 2 is 1.73 bits per heavy atom. The first-order valence-electron chi connectivity index (χ1n) is 16.0. The van der Waals surface area contributed by atoms with Crippen molar-refractivity contribution in [3.63, 3.8) is 0 Å². The van der Waals surface area contributed by atoms with Crippen LogP contribution in [0.1, 0.15) is 118 Å². The Kier molecular flexibility index (Phi) is 14.1. The Morgan fingerprint density at radius 1 is 1.02 bits per heavy atom. The molecule has 0 spiro atoms. The highest BCUT2D eigenvalue weighted by molar-refractivity contribution is 5.85. The quantitative estimate of drug-likeness (QED) is 0.179. The summed E-state index contributed by atoms with van der Waals surface area (Å²) in [6, 6.07) is 4.63. The van der Waals surface area contributed by atoms with Gasteiger partial charge in [-0.25, -0.2) is 9.37 Å². The Hall–Kier alpha value is -2.49. The van der Waals surface area contributed by atoms with Crippen LogP contribution < -0.4 is 5.56 Å². The van der Waals surface area contributed by atoms with Gasteiger partial charge < -0.3 is 14.5 Å². The van der Waals surface area contributed by atoms with E-state index in [4.69, 9.17) is 14.6 Å². The van der Waals surface area contributed by atoms with Crippen molar-refractivity contribution in [3.05, 3.63) is 57.1 Å². The monoisotopic (exact) mass is 652 g/mol. The minimum absolute atomic E-state index is 0. The minimum Gasteiger partial charge on any atom is -0.481 e. The van der Waals surface area contributed by atoms with Crippen molar-refractivity contribution in [2.75, 3.05) is 19.6 Å². The summed E-state index contributed by atoms with van der Waals surface area (Å²) in [6.45, 7) is 5.47. The molecule has 0 radical (unpaired) electrons. The largest absolute Gasteiger partial charge is 0.481 e. The summed E-state index contributed by atoms with van der Waals surface area (Å²) in [7, 11) is 0. The zero-order valence-corrected chi connectivity index (χ0v) is 27.4. The summed E-state index contributed by atoms with van der Waals surface area (Å²) in [6.07, 6.45) is 13.7. The fraction of sp³-hybridized carbons (Fsp3) is 0.636. The number of rotatable bonds is 14. The summed E-state index contributed by atoms with van der Waals surface area (Å²) in [4.78, 5) is 31.6. The van der Waals surface area contributed by atoms with Gasteiger partial charge in [-0.15, -0.1) is 24.8 Å². The Morgan fingerprint density at radius 3 is 2.45 bits per heavy atom. The van der Waals surface area contributed by atoms with E-state index in [2.05, 4.69) is 10.1 Å². The van der Waals surface area contributed by atoms with Gasteiger partial charge in [0.1, 0.15) is 11.6 Å². The lowest BCUT2D eigenvalue weighted by Gasteiger charge is -2.31. The summed E-state index contributed by atoms with van der Waals surface area (Å²) >= 11 is 0. The van der Waals surface area contributed by atoms with Gasteiger partial charge in [-0.3, -0.25) is 14.2 Å². The van der Waals surface area contributed by atoms with Crippen LogP contribution in [0.25, 0.3) is 11.0 Å². The van der Waals surface area contributed by atoms with Crippen LogP contribution in [0, 0.1) is 12.7 Å². The normalized spacial score (nSPS) is 17.2. The molecule has 0 amide bonds. The molecular formula is C33H47Cl2FN4O4. The van der Waals surface area contributed by atoms with Crippen LogP contribution in [0.4, 0.5) is 4.39 Å². The second-order valence-corrected chi connectivity index (χ2v) is 12.3. The zero-order valence-electron chi connectivity index (χ0n) is 25.8. The van der Waals surface area contributed by atoms with Gasteiger partial charge in [-0.05, 0) is 77.1 Å². The summed E-state index contributed by atoms with van der Waals surface area (Å²) in [5.74, 6) is 0.632. The topological polar surface area (TPSA) is 101 Å². The number of carboxylic acid groups (broad SMARTS) is 1. The number of carbonyl (C=O) groups is 1. The van der Waals surface area contributed by atoms with Gasteiger partial charge in [-0.1, -0.05) is 43.7 Å². The molecule has 1 fully saturated rings. The fourth-order valence-corrected chi connectivity index (χ4v) is 6.91. The first kappa shape index (κ1) is 36.0. The number of unbranched alkanes of at least 4 members (excludes halogenated alkanes) is 6. The Labute approximate surface area is 271 Å². The lowest BCUT2D eigenvalue weighted by atomic mass is 9.91. The second kappa shape index (κ2) is 17.3. The third-order valence-electron chi connectivity index (χ3n) is 9.36. The number of hydrogen-bond acceptors (Lipinski definition) is 6. The van der Waals surface area contributed by atoms with Crippen molar-refractivity contribution >= 4 is 41.8 Å². The van der Waals surface area contributed by atoms with Gasteiger partial charge in [0.2, 0.25) is 0 Å². The van der Waals surface area contributed by atoms with Crippen LogP contribution >= 0.6 is 24.8 Å². The van der Waals surface area contributed by atoms with Crippen molar-refractivity contribution in [2.24, 2.45) is 0 Å². The van der Waals surface area contributed by atoms with E-state index in [0.717, 1.165) is 119 Å². The molecule has 0 aliphatic carbocycles. The van der Waals surface area contributed by atoms with Crippen LogP contribution in [-0.4, -0.2) is 50.3 Å². The van der Waals surface area contributed by atoms with E-state index in [9.17, 15) is 14.0 Å². The molecule has 1 aromatic carbocycles. The average molecular weight is 654 g/mol. The van der Waals surface area contributed by atoms with Gasteiger partial charge in [0.05, 0.1) is 5.69 Å². The standard InChI is InChI=1S/C33H45FN4O4.2ClH/c1-23-27(17-21-37-19-15-24(16-20-37)31-28-14-13-26(34)22-29(28)42-36-31)33(41)38-18-9-11-25(32(38)35-23)10-7-5-3-2-4-6-8-12-30(39)40;;/h13-14,22,24-25H,2-12,15-21H2,1H3,(H,39,40);2*1H. The maximum Gasteiger partial charge on any atom is 0.303 e. The van der Waals surface area contributed by atoms with E-state index in [0.29, 0.717) is 23.8 Å². The highest BCUT2D eigenvalue weighted by atomic mass is 35.5. The lowest BCUT2D eigenvalue weighted by Crippen LogP contribution is -2.37. The minimum atomic E-state index is -0.701. The summed E-state index contributed by atoms with van der Waals surface area (Å²) in [5, 5.41) is 13.9. The van der Waals surface area contributed by atoms with Gasteiger partial charge >= 0.3 is 5.97 Å². The molecule has 2 aromatic heterocycles. The number of aromatic nitrogens is 3. The van der Waals surface area contributed by atoms with E-state index >= 15 is 0 Å². The number of aryl methyl sites for hydroxylation is 1. The molecule has 8 nitrogen and oxygen atoms in total. The lowest BCUT2D eigenvalue weighted by molar-refractivity contribution is -0.137. The third kappa shape index (κ3) is 9.04. The van der Waals surface area contributed by atoms with Gasteiger partial charge in [0.15, 0.2) is 5.58 Å². The van der Waals surface area contributed by atoms with Crippen molar-refractivity contribution in [1.82, 2.24) is 19.6 Å². The maximum atomic E-state index is 13.6. The number of aliphatic carboxylic acids is 1. The predicted molar refractivity (Wildman–Crippen MR) is 175 cm³/mol.